The van der Waals surface area contributed by atoms with Crippen molar-refractivity contribution in [1.82, 2.24) is 9.80 Å². The van der Waals surface area contributed by atoms with Gasteiger partial charge in [-0.25, -0.2) is 0 Å². The Morgan fingerprint density at radius 1 is 1.03 bits per heavy atom. The molecule has 2 heterocycles. The fourth-order valence-corrected chi connectivity index (χ4v) is 4.89. The van der Waals surface area contributed by atoms with E-state index in [-0.39, 0.29) is 17.5 Å². The van der Waals surface area contributed by atoms with E-state index >= 15 is 0 Å². The highest BCUT2D eigenvalue weighted by atomic mass is 35.5. The van der Waals surface area contributed by atoms with Gasteiger partial charge in [0.15, 0.2) is 0 Å². The number of carbonyl (C=O) groups excluding carboxylic acids is 1. The number of amides is 1. The molecule has 0 aliphatic carbocycles. The number of nitrogens with one attached hydrogen (secondary N) is 1. The summed E-state index contributed by atoms with van der Waals surface area (Å²) in [4.78, 5) is 19.2. The minimum absolute atomic E-state index is 0.0241. The number of benzene rings is 2. The van der Waals surface area contributed by atoms with Crippen molar-refractivity contribution in [2.75, 3.05) is 56.0 Å². The predicted octanol–water partition coefficient (Wildman–Crippen LogP) is 4.85. The van der Waals surface area contributed by atoms with Crippen molar-refractivity contribution in [2.45, 2.75) is 31.5 Å². The average Bonchev–Trinajstić information content (AvgIpc) is 2.88. The fraction of sp³-hybridized carbons (Fsp3) is 0.462. The van der Waals surface area contributed by atoms with Crippen LogP contribution in [0.2, 0.25) is 5.02 Å². The molecule has 2 aromatic rings. The van der Waals surface area contributed by atoms with Crippen molar-refractivity contribution in [3.05, 3.63) is 58.6 Å². The van der Waals surface area contributed by atoms with E-state index in [0.29, 0.717) is 38.0 Å². The molecule has 0 unspecified atom stereocenters. The van der Waals surface area contributed by atoms with Gasteiger partial charge in [0.2, 0.25) is 5.91 Å². The van der Waals surface area contributed by atoms with E-state index in [1.807, 2.05) is 29.2 Å². The summed E-state index contributed by atoms with van der Waals surface area (Å²) in [6, 6.07) is 13.1. The van der Waals surface area contributed by atoms with Crippen molar-refractivity contribution < 1.29 is 18.0 Å². The van der Waals surface area contributed by atoms with Gasteiger partial charge in [0.05, 0.1) is 17.2 Å². The number of hydrogen-bond donors (Lipinski definition) is 1. The third kappa shape index (κ3) is 6.62. The van der Waals surface area contributed by atoms with Crippen molar-refractivity contribution >= 4 is 28.9 Å². The summed E-state index contributed by atoms with van der Waals surface area (Å²) in [5.74, 6) is 0.117. The standard InChI is InChI=1S/C26H29ClF3N5O/c27-20-2-5-23(6-3-20)34-15-13-33(14-16-34)10-9-25(36)35-11-7-21(8-12-35)32-22-4-1-19(18-31)24(17-22)26(28,29)30/h1-6,17,21,32H,7-16H2. The van der Waals surface area contributed by atoms with Gasteiger partial charge in [0, 0.05) is 74.7 Å². The summed E-state index contributed by atoms with van der Waals surface area (Å²) in [7, 11) is 0. The number of piperazine rings is 1. The number of likely N-dealkylation sites (tertiary alicyclic amines) is 1. The van der Waals surface area contributed by atoms with E-state index in [4.69, 9.17) is 16.9 Å². The summed E-state index contributed by atoms with van der Waals surface area (Å²) in [5.41, 5.74) is 0.169. The van der Waals surface area contributed by atoms with Gasteiger partial charge in [-0.05, 0) is 55.3 Å². The molecule has 36 heavy (non-hydrogen) atoms. The number of nitriles is 1. The SMILES string of the molecule is N#Cc1ccc(NC2CCN(C(=O)CCN3CCN(c4ccc(Cl)cc4)CC3)CC2)cc1C(F)(F)F. The molecule has 0 bridgehead atoms. The molecule has 2 fully saturated rings. The summed E-state index contributed by atoms with van der Waals surface area (Å²) < 4.78 is 39.7. The first-order valence-corrected chi connectivity index (χ1v) is 12.5. The molecule has 10 heteroatoms. The van der Waals surface area contributed by atoms with Gasteiger partial charge < -0.3 is 15.1 Å². The molecule has 0 atom stereocenters. The van der Waals surface area contributed by atoms with E-state index in [9.17, 15) is 18.0 Å². The lowest BCUT2D eigenvalue weighted by Gasteiger charge is -2.37. The molecule has 2 aliphatic heterocycles. The molecule has 2 saturated heterocycles. The van der Waals surface area contributed by atoms with Crippen LogP contribution in [0.5, 0.6) is 0 Å². The number of nitrogens with zero attached hydrogens (tertiary/aromatic N) is 4. The lowest BCUT2D eigenvalue weighted by atomic mass is 10.0. The molecular weight excluding hydrogens is 491 g/mol. The Bertz CT molecular complexity index is 1090. The fourth-order valence-electron chi connectivity index (χ4n) is 4.77. The maximum atomic E-state index is 13.2. The molecule has 6 nitrogen and oxygen atoms in total. The van der Waals surface area contributed by atoms with E-state index in [0.717, 1.165) is 49.5 Å². The van der Waals surface area contributed by atoms with Gasteiger partial charge in [0.25, 0.3) is 0 Å². The quantitative estimate of drug-likeness (QED) is 0.591. The van der Waals surface area contributed by atoms with Gasteiger partial charge in [-0.15, -0.1) is 0 Å². The smallest absolute Gasteiger partial charge is 0.382 e. The highest BCUT2D eigenvalue weighted by Gasteiger charge is 2.34. The van der Waals surface area contributed by atoms with Gasteiger partial charge >= 0.3 is 6.18 Å². The topological polar surface area (TPSA) is 62.6 Å². The molecule has 0 radical (unpaired) electrons. The Morgan fingerprint density at radius 2 is 1.69 bits per heavy atom. The Kier molecular flexibility index (Phi) is 8.27. The van der Waals surface area contributed by atoms with Crippen LogP contribution in [0, 0.1) is 11.3 Å². The number of carbonyl (C=O) groups is 1. The number of alkyl halides is 3. The first-order valence-electron chi connectivity index (χ1n) is 12.1. The highest BCUT2D eigenvalue weighted by molar-refractivity contribution is 6.30. The lowest BCUT2D eigenvalue weighted by Crippen LogP contribution is -2.48. The molecule has 4 rings (SSSR count). The summed E-state index contributed by atoms with van der Waals surface area (Å²) in [5, 5.41) is 12.8. The second-order valence-electron chi connectivity index (χ2n) is 9.22. The molecule has 1 amide bonds. The monoisotopic (exact) mass is 519 g/mol. The van der Waals surface area contributed by atoms with E-state index < -0.39 is 11.7 Å². The molecule has 192 valence electrons. The Balaban J connectivity index is 1.19. The van der Waals surface area contributed by atoms with Crippen LogP contribution in [-0.2, 0) is 11.0 Å². The van der Waals surface area contributed by atoms with Crippen LogP contribution in [0.25, 0.3) is 0 Å². The normalized spacial score (nSPS) is 17.6. The van der Waals surface area contributed by atoms with E-state index in [2.05, 4.69) is 15.1 Å². The Labute approximate surface area is 214 Å². The molecule has 1 N–H and O–H groups in total. The van der Waals surface area contributed by atoms with Crippen LogP contribution in [0.3, 0.4) is 0 Å². The zero-order chi connectivity index (χ0) is 25.7. The number of piperidine rings is 1. The van der Waals surface area contributed by atoms with E-state index in [1.54, 1.807) is 6.07 Å². The number of halogens is 4. The van der Waals surface area contributed by atoms with Gasteiger partial charge in [-0.1, -0.05) is 11.6 Å². The third-order valence-electron chi connectivity index (χ3n) is 6.87. The number of rotatable bonds is 6. The van der Waals surface area contributed by atoms with Crippen molar-refractivity contribution in [2.24, 2.45) is 0 Å². The van der Waals surface area contributed by atoms with Crippen LogP contribution < -0.4 is 10.2 Å². The first-order chi connectivity index (χ1) is 17.2. The molecule has 0 spiro atoms. The Morgan fingerprint density at radius 3 is 2.31 bits per heavy atom. The second-order valence-corrected chi connectivity index (χ2v) is 9.66. The van der Waals surface area contributed by atoms with Crippen LogP contribution in [-0.4, -0.2) is 67.6 Å². The van der Waals surface area contributed by atoms with Crippen molar-refractivity contribution in [3.8, 4) is 6.07 Å². The third-order valence-corrected chi connectivity index (χ3v) is 7.12. The lowest BCUT2D eigenvalue weighted by molar-refractivity contribution is -0.137. The molecule has 0 saturated carbocycles. The number of hydrogen-bond acceptors (Lipinski definition) is 5. The van der Waals surface area contributed by atoms with Crippen molar-refractivity contribution in [1.29, 1.82) is 5.26 Å². The molecular formula is C26H29ClF3N5O. The maximum absolute atomic E-state index is 13.2. The zero-order valence-corrected chi connectivity index (χ0v) is 20.7. The zero-order valence-electron chi connectivity index (χ0n) is 19.9. The largest absolute Gasteiger partial charge is 0.417 e. The van der Waals surface area contributed by atoms with Crippen LogP contribution in [0.15, 0.2) is 42.5 Å². The maximum Gasteiger partial charge on any atom is 0.417 e. The van der Waals surface area contributed by atoms with E-state index in [1.165, 1.54) is 12.1 Å². The predicted molar refractivity (Wildman–Crippen MR) is 134 cm³/mol. The number of anilines is 2. The summed E-state index contributed by atoms with van der Waals surface area (Å²) in [6.07, 6.45) is -2.80. The second kappa shape index (κ2) is 11.4. The van der Waals surface area contributed by atoms with Crippen molar-refractivity contribution in [3.63, 3.8) is 0 Å². The average molecular weight is 520 g/mol. The summed E-state index contributed by atoms with van der Waals surface area (Å²) in [6.45, 7) is 5.46. The van der Waals surface area contributed by atoms with Gasteiger partial charge in [-0.2, -0.15) is 18.4 Å². The summed E-state index contributed by atoms with van der Waals surface area (Å²) >= 11 is 5.97. The minimum atomic E-state index is -4.58. The minimum Gasteiger partial charge on any atom is -0.382 e. The van der Waals surface area contributed by atoms with Crippen LogP contribution in [0.1, 0.15) is 30.4 Å². The van der Waals surface area contributed by atoms with Crippen LogP contribution in [0.4, 0.5) is 24.5 Å². The van der Waals surface area contributed by atoms with Gasteiger partial charge in [-0.3, -0.25) is 9.69 Å². The molecule has 0 aromatic heterocycles. The highest BCUT2D eigenvalue weighted by Crippen LogP contribution is 2.34. The molecule has 2 aliphatic rings. The van der Waals surface area contributed by atoms with Gasteiger partial charge in [0.1, 0.15) is 0 Å². The first kappa shape index (κ1) is 26.1. The molecule has 2 aromatic carbocycles. The van der Waals surface area contributed by atoms with Crippen LogP contribution >= 0.6 is 11.6 Å². The Hall–Kier alpha value is -2.96.